The van der Waals surface area contributed by atoms with Crippen molar-refractivity contribution in [2.75, 3.05) is 26.2 Å². The Morgan fingerprint density at radius 1 is 1.10 bits per heavy atom. The van der Waals surface area contributed by atoms with E-state index < -0.39 is 0 Å². The van der Waals surface area contributed by atoms with Crippen LogP contribution in [0.4, 0.5) is 0 Å². The van der Waals surface area contributed by atoms with Gasteiger partial charge in [0.25, 0.3) is 5.91 Å². The maximum atomic E-state index is 12.8. The maximum Gasteiger partial charge on any atom is 0.274 e. The predicted octanol–water partition coefficient (Wildman–Crippen LogP) is 2.66. The van der Waals surface area contributed by atoms with Crippen molar-refractivity contribution >= 4 is 23.4 Å². The van der Waals surface area contributed by atoms with Crippen LogP contribution in [0.25, 0.3) is 5.69 Å². The molecule has 4 rings (SSSR count). The number of hydrogen-bond donors (Lipinski definition) is 0. The number of aromatic nitrogens is 3. The van der Waals surface area contributed by atoms with Crippen molar-refractivity contribution < 1.29 is 14.1 Å². The van der Waals surface area contributed by atoms with Crippen molar-refractivity contribution in [3.05, 3.63) is 64.3 Å². The zero-order valence-electron chi connectivity index (χ0n) is 16.8. The molecule has 3 heterocycles. The largest absolute Gasteiger partial charge is 0.361 e. The fraction of sp³-hybridized carbons (Fsp3) is 0.333. The van der Waals surface area contributed by atoms with Crippen molar-refractivity contribution in [2.45, 2.75) is 20.3 Å². The second-order valence-corrected chi connectivity index (χ2v) is 7.71. The smallest absolute Gasteiger partial charge is 0.274 e. The van der Waals surface area contributed by atoms with Gasteiger partial charge in [0.2, 0.25) is 5.91 Å². The van der Waals surface area contributed by atoms with Crippen LogP contribution < -0.4 is 0 Å². The lowest BCUT2D eigenvalue weighted by atomic mass is 10.1. The first kappa shape index (κ1) is 20.2. The molecule has 1 aliphatic rings. The minimum atomic E-state index is -0.145. The summed E-state index contributed by atoms with van der Waals surface area (Å²) < 4.78 is 6.76. The fourth-order valence-electron chi connectivity index (χ4n) is 3.54. The first-order chi connectivity index (χ1) is 14.4. The van der Waals surface area contributed by atoms with Crippen molar-refractivity contribution in [2.24, 2.45) is 0 Å². The van der Waals surface area contributed by atoms with Crippen LogP contribution in [0.1, 0.15) is 27.5 Å². The zero-order valence-corrected chi connectivity index (χ0v) is 17.6. The standard InChI is InChI=1S/C21H22ClN5O3/c1-14-18(15(2)30-24-14)13-20(28)25-8-10-26(11-9-25)21(29)19-6-7-27(23-19)17-5-3-4-16(22)12-17/h3-7,12H,8-11,13H2,1-2H3. The average molecular weight is 428 g/mol. The zero-order chi connectivity index (χ0) is 21.3. The monoisotopic (exact) mass is 427 g/mol. The topological polar surface area (TPSA) is 84.5 Å². The number of piperazine rings is 1. The first-order valence-corrected chi connectivity index (χ1v) is 10.1. The molecule has 0 aliphatic carbocycles. The van der Waals surface area contributed by atoms with E-state index in [2.05, 4.69) is 10.3 Å². The van der Waals surface area contributed by atoms with E-state index in [9.17, 15) is 9.59 Å². The molecule has 30 heavy (non-hydrogen) atoms. The summed E-state index contributed by atoms with van der Waals surface area (Å²) in [4.78, 5) is 29.0. The Labute approximate surface area is 179 Å². The van der Waals surface area contributed by atoms with E-state index in [0.717, 1.165) is 16.9 Å². The van der Waals surface area contributed by atoms with Crippen LogP contribution in [0.5, 0.6) is 0 Å². The van der Waals surface area contributed by atoms with Gasteiger partial charge in [-0.25, -0.2) is 4.68 Å². The number of rotatable bonds is 4. The van der Waals surface area contributed by atoms with Crippen molar-refractivity contribution in [3.8, 4) is 5.69 Å². The highest BCUT2D eigenvalue weighted by molar-refractivity contribution is 6.30. The van der Waals surface area contributed by atoms with Crippen LogP contribution in [0.15, 0.2) is 41.1 Å². The third-order valence-electron chi connectivity index (χ3n) is 5.31. The molecule has 0 saturated carbocycles. The first-order valence-electron chi connectivity index (χ1n) is 9.73. The minimum Gasteiger partial charge on any atom is -0.361 e. The van der Waals surface area contributed by atoms with E-state index in [1.165, 1.54) is 0 Å². The maximum absolute atomic E-state index is 12.8. The molecule has 0 radical (unpaired) electrons. The second kappa shape index (κ2) is 8.31. The number of carbonyl (C=O) groups excluding carboxylic acids is 2. The lowest BCUT2D eigenvalue weighted by Crippen LogP contribution is -2.51. The number of benzene rings is 1. The third-order valence-corrected chi connectivity index (χ3v) is 5.54. The minimum absolute atomic E-state index is 0.0155. The number of aryl methyl sites for hydroxylation is 2. The number of nitrogens with zero attached hydrogens (tertiary/aromatic N) is 5. The number of hydrogen-bond acceptors (Lipinski definition) is 5. The van der Waals surface area contributed by atoms with Crippen molar-refractivity contribution in [1.29, 1.82) is 0 Å². The summed E-state index contributed by atoms with van der Waals surface area (Å²) in [7, 11) is 0. The molecule has 156 valence electrons. The molecule has 2 aromatic heterocycles. The average Bonchev–Trinajstić information content (AvgIpc) is 3.36. The molecule has 1 aromatic carbocycles. The summed E-state index contributed by atoms with van der Waals surface area (Å²) in [5, 5.41) is 8.89. The second-order valence-electron chi connectivity index (χ2n) is 7.28. The molecule has 9 heteroatoms. The van der Waals surface area contributed by atoms with Gasteiger partial charge >= 0.3 is 0 Å². The Morgan fingerprint density at radius 2 is 1.83 bits per heavy atom. The molecular formula is C21H22ClN5O3. The van der Waals surface area contributed by atoms with Crippen LogP contribution in [0, 0.1) is 13.8 Å². The van der Waals surface area contributed by atoms with E-state index >= 15 is 0 Å². The summed E-state index contributed by atoms with van der Waals surface area (Å²) >= 11 is 6.03. The highest BCUT2D eigenvalue weighted by Gasteiger charge is 2.27. The summed E-state index contributed by atoms with van der Waals surface area (Å²) in [5.74, 6) is 0.542. The molecule has 3 aromatic rings. The Morgan fingerprint density at radius 3 is 2.50 bits per heavy atom. The van der Waals surface area contributed by atoms with Crippen LogP contribution >= 0.6 is 11.6 Å². The summed E-state index contributed by atoms with van der Waals surface area (Å²) in [5.41, 5.74) is 2.73. The Bertz CT molecular complexity index is 1060. The van der Waals surface area contributed by atoms with E-state index in [1.54, 1.807) is 38.9 Å². The normalized spacial score (nSPS) is 14.2. The van der Waals surface area contributed by atoms with Gasteiger partial charge in [-0.3, -0.25) is 9.59 Å². The molecule has 0 bridgehead atoms. The molecule has 2 amide bonds. The Kier molecular flexibility index (Phi) is 5.59. The quantitative estimate of drug-likeness (QED) is 0.639. The SMILES string of the molecule is Cc1noc(C)c1CC(=O)N1CCN(C(=O)c2ccn(-c3cccc(Cl)c3)n2)CC1. The molecule has 0 atom stereocenters. The number of halogens is 1. The molecule has 0 unspecified atom stereocenters. The van der Waals surface area contributed by atoms with Crippen LogP contribution in [0.2, 0.25) is 5.02 Å². The van der Waals surface area contributed by atoms with E-state index in [1.807, 2.05) is 26.0 Å². The molecule has 1 saturated heterocycles. The van der Waals surface area contributed by atoms with Crippen LogP contribution in [-0.2, 0) is 11.2 Å². The van der Waals surface area contributed by atoms with Crippen LogP contribution in [0.3, 0.4) is 0 Å². The van der Waals surface area contributed by atoms with Gasteiger partial charge in [-0.15, -0.1) is 0 Å². The molecule has 0 N–H and O–H groups in total. The summed E-state index contributed by atoms with van der Waals surface area (Å²) in [6.07, 6.45) is 2.00. The van der Waals surface area contributed by atoms with E-state index in [0.29, 0.717) is 42.7 Å². The predicted molar refractivity (Wildman–Crippen MR) is 111 cm³/mol. The third kappa shape index (κ3) is 4.09. The van der Waals surface area contributed by atoms with Gasteiger partial charge in [0.1, 0.15) is 5.76 Å². The number of carbonyl (C=O) groups is 2. The van der Waals surface area contributed by atoms with Gasteiger partial charge in [-0.2, -0.15) is 5.10 Å². The van der Waals surface area contributed by atoms with Gasteiger partial charge in [-0.05, 0) is 38.1 Å². The van der Waals surface area contributed by atoms with Crippen molar-refractivity contribution in [3.63, 3.8) is 0 Å². The molecular weight excluding hydrogens is 406 g/mol. The summed E-state index contributed by atoms with van der Waals surface area (Å²) in [6.45, 7) is 5.55. The molecule has 8 nitrogen and oxygen atoms in total. The number of amides is 2. The van der Waals surface area contributed by atoms with Gasteiger partial charge in [0.05, 0.1) is 17.8 Å². The highest BCUT2D eigenvalue weighted by atomic mass is 35.5. The molecule has 0 spiro atoms. The van der Waals surface area contributed by atoms with Gasteiger partial charge in [-0.1, -0.05) is 22.8 Å². The summed E-state index contributed by atoms with van der Waals surface area (Å²) in [6, 6.07) is 8.97. The van der Waals surface area contributed by atoms with Crippen LogP contribution in [-0.4, -0.2) is 62.7 Å². The lowest BCUT2D eigenvalue weighted by molar-refractivity contribution is -0.131. The van der Waals surface area contributed by atoms with E-state index in [-0.39, 0.29) is 18.2 Å². The fourth-order valence-corrected chi connectivity index (χ4v) is 3.72. The lowest BCUT2D eigenvalue weighted by Gasteiger charge is -2.34. The van der Waals surface area contributed by atoms with Crippen molar-refractivity contribution in [1.82, 2.24) is 24.7 Å². The van der Waals surface area contributed by atoms with E-state index in [4.69, 9.17) is 16.1 Å². The molecule has 1 aliphatic heterocycles. The Hall–Kier alpha value is -3.13. The van der Waals surface area contributed by atoms with Gasteiger partial charge in [0.15, 0.2) is 5.69 Å². The van der Waals surface area contributed by atoms with Gasteiger partial charge in [0, 0.05) is 43.0 Å². The Balaban J connectivity index is 1.36. The molecule has 1 fully saturated rings. The van der Waals surface area contributed by atoms with Gasteiger partial charge < -0.3 is 14.3 Å². The highest BCUT2D eigenvalue weighted by Crippen LogP contribution is 2.17.